The van der Waals surface area contributed by atoms with Gasteiger partial charge in [0.05, 0.1) is 6.07 Å². The molecule has 1 saturated heterocycles. The first-order valence-corrected chi connectivity index (χ1v) is 6.43. The van der Waals surface area contributed by atoms with Crippen LogP contribution in [0.4, 0.5) is 0 Å². The lowest BCUT2D eigenvalue weighted by Gasteiger charge is -2.41. The molecule has 2 fully saturated rings. The van der Waals surface area contributed by atoms with Gasteiger partial charge in [0.25, 0.3) is 0 Å². The molecular weight excluding hydrogens is 184 g/mol. The molecule has 2 aliphatic rings. The summed E-state index contributed by atoms with van der Waals surface area (Å²) in [6.07, 6.45) is 9.12. The van der Waals surface area contributed by atoms with Gasteiger partial charge >= 0.3 is 0 Å². The van der Waals surface area contributed by atoms with E-state index in [1.165, 1.54) is 44.9 Å². The number of nitriles is 1. The smallest absolute Gasteiger partial charge is 0.109 e. The summed E-state index contributed by atoms with van der Waals surface area (Å²) in [6.45, 7) is 4.45. The molecule has 2 heteroatoms. The molecule has 1 atom stereocenters. The Morgan fingerprint density at radius 3 is 2.20 bits per heavy atom. The first-order chi connectivity index (χ1) is 7.27. The van der Waals surface area contributed by atoms with Gasteiger partial charge in [-0.1, -0.05) is 19.3 Å². The van der Waals surface area contributed by atoms with Gasteiger partial charge in [-0.15, -0.1) is 0 Å². The lowest BCUT2D eigenvalue weighted by atomic mass is 9.75. The van der Waals surface area contributed by atoms with E-state index in [0.29, 0.717) is 5.92 Å². The molecule has 1 heterocycles. The quantitative estimate of drug-likeness (QED) is 0.694. The molecule has 0 spiro atoms. The molecule has 0 aromatic carbocycles. The summed E-state index contributed by atoms with van der Waals surface area (Å²) in [7, 11) is 0. The van der Waals surface area contributed by atoms with Crippen LogP contribution in [0.5, 0.6) is 0 Å². The first kappa shape index (κ1) is 11.0. The molecule has 1 aliphatic heterocycles. The van der Waals surface area contributed by atoms with E-state index in [-0.39, 0.29) is 5.54 Å². The minimum Gasteiger partial charge on any atom is -0.286 e. The maximum atomic E-state index is 9.51. The van der Waals surface area contributed by atoms with Crippen molar-refractivity contribution in [1.82, 2.24) is 4.90 Å². The topological polar surface area (TPSA) is 27.0 Å². The monoisotopic (exact) mass is 206 g/mol. The molecule has 2 nitrogen and oxygen atoms in total. The fourth-order valence-corrected chi connectivity index (χ4v) is 3.27. The minimum absolute atomic E-state index is 0.170. The zero-order valence-corrected chi connectivity index (χ0v) is 9.84. The highest BCUT2D eigenvalue weighted by atomic mass is 15.2. The maximum Gasteiger partial charge on any atom is 0.109 e. The molecule has 1 unspecified atom stereocenters. The minimum atomic E-state index is -0.170. The van der Waals surface area contributed by atoms with Crippen LogP contribution in [-0.4, -0.2) is 23.5 Å². The molecular formula is C13H22N2. The molecule has 84 valence electrons. The molecule has 15 heavy (non-hydrogen) atoms. The molecule has 0 aromatic rings. The van der Waals surface area contributed by atoms with E-state index in [9.17, 15) is 5.26 Å². The van der Waals surface area contributed by atoms with E-state index >= 15 is 0 Å². The summed E-state index contributed by atoms with van der Waals surface area (Å²) in [4.78, 5) is 2.43. The second-order valence-electron chi connectivity index (χ2n) is 5.29. The van der Waals surface area contributed by atoms with E-state index in [2.05, 4.69) is 17.9 Å². The third kappa shape index (κ3) is 2.03. The van der Waals surface area contributed by atoms with Crippen molar-refractivity contribution in [2.75, 3.05) is 13.1 Å². The van der Waals surface area contributed by atoms with Crippen molar-refractivity contribution in [2.45, 2.75) is 57.4 Å². The summed E-state index contributed by atoms with van der Waals surface area (Å²) >= 11 is 0. The van der Waals surface area contributed by atoms with Crippen LogP contribution in [0.15, 0.2) is 0 Å². The Morgan fingerprint density at radius 1 is 1.07 bits per heavy atom. The van der Waals surface area contributed by atoms with Gasteiger partial charge in [-0.25, -0.2) is 0 Å². The Balaban J connectivity index is 2.08. The maximum absolute atomic E-state index is 9.51. The van der Waals surface area contributed by atoms with Gasteiger partial charge < -0.3 is 0 Å². The van der Waals surface area contributed by atoms with Gasteiger partial charge in [0.15, 0.2) is 0 Å². The molecule has 0 bridgehead atoms. The highest BCUT2D eigenvalue weighted by Gasteiger charge is 2.41. The number of hydrogen-bond donors (Lipinski definition) is 0. The summed E-state index contributed by atoms with van der Waals surface area (Å²) in [5, 5.41) is 9.51. The Hall–Kier alpha value is -0.550. The van der Waals surface area contributed by atoms with Crippen molar-refractivity contribution < 1.29 is 0 Å². The van der Waals surface area contributed by atoms with Crippen LogP contribution in [0, 0.1) is 17.2 Å². The van der Waals surface area contributed by atoms with Crippen LogP contribution in [0.2, 0.25) is 0 Å². The van der Waals surface area contributed by atoms with E-state index in [1.807, 2.05) is 0 Å². The molecule has 2 rings (SSSR count). The predicted octanol–water partition coefficient (Wildman–Crippen LogP) is 2.94. The van der Waals surface area contributed by atoms with Gasteiger partial charge in [0.1, 0.15) is 5.54 Å². The molecule has 1 saturated carbocycles. The number of nitrogens with zero attached hydrogens (tertiary/aromatic N) is 2. The molecule has 0 amide bonds. The predicted molar refractivity (Wildman–Crippen MR) is 61.4 cm³/mol. The van der Waals surface area contributed by atoms with Gasteiger partial charge in [0, 0.05) is 0 Å². The zero-order chi connectivity index (χ0) is 10.7. The summed E-state index contributed by atoms with van der Waals surface area (Å²) in [6, 6.07) is 2.62. The fraction of sp³-hybridized carbons (Fsp3) is 0.923. The highest BCUT2D eigenvalue weighted by Crippen LogP contribution is 2.37. The molecule has 1 aliphatic carbocycles. The SMILES string of the molecule is CC(C#N)(C1CCCCC1)N1CCCC1. The van der Waals surface area contributed by atoms with Gasteiger partial charge in [-0.05, 0) is 51.6 Å². The summed E-state index contributed by atoms with van der Waals surface area (Å²) < 4.78 is 0. The Morgan fingerprint density at radius 2 is 1.67 bits per heavy atom. The van der Waals surface area contributed by atoms with Crippen LogP contribution in [0.1, 0.15) is 51.9 Å². The first-order valence-electron chi connectivity index (χ1n) is 6.43. The Bertz CT molecular complexity index is 244. The van der Waals surface area contributed by atoms with E-state index in [0.717, 1.165) is 13.1 Å². The van der Waals surface area contributed by atoms with Crippen molar-refractivity contribution in [2.24, 2.45) is 5.92 Å². The van der Waals surface area contributed by atoms with Gasteiger partial charge in [0.2, 0.25) is 0 Å². The second-order valence-corrected chi connectivity index (χ2v) is 5.29. The fourth-order valence-electron chi connectivity index (χ4n) is 3.27. The average Bonchev–Trinajstić information content (AvgIpc) is 2.83. The molecule has 0 aromatic heterocycles. The van der Waals surface area contributed by atoms with E-state index < -0.39 is 0 Å². The number of likely N-dealkylation sites (tertiary alicyclic amines) is 1. The lowest BCUT2D eigenvalue weighted by molar-refractivity contribution is 0.0969. The normalized spacial score (nSPS) is 28.5. The van der Waals surface area contributed by atoms with Crippen LogP contribution in [-0.2, 0) is 0 Å². The van der Waals surface area contributed by atoms with Crippen LogP contribution in [0.25, 0.3) is 0 Å². The third-order valence-corrected chi connectivity index (χ3v) is 4.39. The number of hydrogen-bond acceptors (Lipinski definition) is 2. The van der Waals surface area contributed by atoms with Crippen LogP contribution in [0.3, 0.4) is 0 Å². The Labute approximate surface area is 93.3 Å². The van der Waals surface area contributed by atoms with E-state index in [1.54, 1.807) is 0 Å². The second kappa shape index (κ2) is 4.53. The lowest BCUT2D eigenvalue weighted by Crippen LogP contribution is -2.49. The van der Waals surface area contributed by atoms with Crippen molar-refractivity contribution >= 4 is 0 Å². The standard InChI is InChI=1S/C13H22N2/c1-13(11-14,15-9-5-6-10-15)12-7-3-2-4-8-12/h12H,2-10H2,1H3. The average molecular weight is 206 g/mol. The largest absolute Gasteiger partial charge is 0.286 e. The molecule has 0 N–H and O–H groups in total. The summed E-state index contributed by atoms with van der Waals surface area (Å²) in [5.41, 5.74) is -0.170. The zero-order valence-electron chi connectivity index (χ0n) is 9.84. The van der Waals surface area contributed by atoms with Crippen LogP contribution >= 0.6 is 0 Å². The van der Waals surface area contributed by atoms with Gasteiger partial charge in [-0.2, -0.15) is 5.26 Å². The highest BCUT2D eigenvalue weighted by molar-refractivity contribution is 5.10. The van der Waals surface area contributed by atoms with Gasteiger partial charge in [-0.3, -0.25) is 4.90 Å². The van der Waals surface area contributed by atoms with E-state index in [4.69, 9.17) is 0 Å². The van der Waals surface area contributed by atoms with Crippen molar-refractivity contribution in [3.63, 3.8) is 0 Å². The van der Waals surface area contributed by atoms with Crippen molar-refractivity contribution in [3.05, 3.63) is 0 Å². The Kier molecular flexibility index (Phi) is 3.31. The van der Waals surface area contributed by atoms with Crippen molar-refractivity contribution in [3.8, 4) is 6.07 Å². The van der Waals surface area contributed by atoms with Crippen molar-refractivity contribution in [1.29, 1.82) is 5.26 Å². The third-order valence-electron chi connectivity index (χ3n) is 4.39. The summed E-state index contributed by atoms with van der Waals surface area (Å²) in [5.74, 6) is 0.620. The molecule has 0 radical (unpaired) electrons. The number of rotatable bonds is 2. The van der Waals surface area contributed by atoms with Crippen LogP contribution < -0.4 is 0 Å².